The number of hydrogen-bond donors (Lipinski definition) is 0. The molecule has 3 heteroatoms. The zero-order valence-electron chi connectivity index (χ0n) is 23.0. The average Bonchev–Trinajstić information content (AvgIpc) is 3.35. The second-order valence-electron chi connectivity index (χ2n) is 9.27. The summed E-state index contributed by atoms with van der Waals surface area (Å²) in [5.74, 6) is 0.784. The summed E-state index contributed by atoms with van der Waals surface area (Å²) in [6.07, 6.45) is 4.66. The van der Waals surface area contributed by atoms with Crippen LogP contribution < -0.4 is 48.1 Å². The molecule has 0 nitrogen and oxygen atoms in total. The number of hydrogen-bond acceptors (Lipinski definition) is 0. The Kier molecular flexibility index (Phi) is 7.98. The molecule has 6 rings (SSSR count). The minimum atomic E-state index is 0. The molecule has 35 heavy (non-hydrogen) atoms. The first kappa shape index (κ1) is 25.9. The average molecular weight is 455 g/mol. The zero-order chi connectivity index (χ0) is 22.4. The molecular formula is C32H28Li2Si. The standard InChI is InChI=1S/C32H26Si.2Li.2H/c1-21-19-25-7-3-5-9-29(25)31(21)23-11-15-27(16-12-23)33-28-17-13-24(14-18-28)32-22(2)20-26-8-4-6-10-30(26)32;;;;/h3-20,31-32H,1-2H3;;;;/q;2*+1;2*-1. The van der Waals surface area contributed by atoms with E-state index >= 15 is 0 Å². The van der Waals surface area contributed by atoms with Crippen LogP contribution in [0.15, 0.2) is 108 Å². The van der Waals surface area contributed by atoms with Crippen molar-refractivity contribution in [2.45, 2.75) is 25.7 Å². The van der Waals surface area contributed by atoms with E-state index in [-0.39, 0.29) is 40.6 Å². The Balaban J connectivity index is 0.00000120. The number of fused-ring (bicyclic) bond motifs is 2. The molecule has 0 bridgehead atoms. The van der Waals surface area contributed by atoms with Crippen LogP contribution in [0.5, 0.6) is 0 Å². The van der Waals surface area contributed by atoms with Crippen LogP contribution in [0.3, 0.4) is 0 Å². The minimum Gasteiger partial charge on any atom is -1.00 e. The third-order valence-electron chi connectivity index (χ3n) is 7.07. The molecule has 0 fully saturated rings. The normalized spacial score (nSPS) is 17.4. The summed E-state index contributed by atoms with van der Waals surface area (Å²) in [6.45, 7) is 4.50. The van der Waals surface area contributed by atoms with E-state index < -0.39 is 0 Å². The molecule has 0 saturated heterocycles. The van der Waals surface area contributed by atoms with Crippen LogP contribution in [0, 0.1) is 0 Å². The van der Waals surface area contributed by atoms with Gasteiger partial charge in [-0.3, -0.25) is 0 Å². The molecular weight excluding hydrogens is 426 g/mol. The molecule has 4 aromatic carbocycles. The fourth-order valence-corrected chi connectivity index (χ4v) is 6.53. The quantitative estimate of drug-likeness (QED) is 0.398. The Morgan fingerprint density at radius 2 is 0.886 bits per heavy atom. The van der Waals surface area contributed by atoms with Crippen molar-refractivity contribution in [2.75, 3.05) is 0 Å². The van der Waals surface area contributed by atoms with E-state index in [0.29, 0.717) is 21.4 Å². The Hall–Kier alpha value is -2.23. The summed E-state index contributed by atoms with van der Waals surface area (Å²) in [7, 11) is 0.675. The van der Waals surface area contributed by atoms with E-state index in [1.807, 2.05) is 0 Å². The third-order valence-corrected chi connectivity index (χ3v) is 8.31. The summed E-state index contributed by atoms with van der Waals surface area (Å²) in [6, 6.07) is 36.1. The summed E-state index contributed by atoms with van der Waals surface area (Å²) < 4.78 is 0. The summed E-state index contributed by atoms with van der Waals surface area (Å²) in [4.78, 5) is 0. The van der Waals surface area contributed by atoms with Gasteiger partial charge in [0.2, 0.25) is 0 Å². The Labute approximate surface area is 238 Å². The smallest absolute Gasteiger partial charge is 1.00 e. The van der Waals surface area contributed by atoms with Crippen LogP contribution in [0.4, 0.5) is 0 Å². The van der Waals surface area contributed by atoms with E-state index in [4.69, 9.17) is 0 Å². The van der Waals surface area contributed by atoms with E-state index in [2.05, 4.69) is 123 Å². The van der Waals surface area contributed by atoms with E-state index in [9.17, 15) is 0 Å². The van der Waals surface area contributed by atoms with Crippen LogP contribution >= 0.6 is 0 Å². The van der Waals surface area contributed by atoms with Gasteiger partial charge in [-0.2, -0.15) is 0 Å². The third kappa shape index (κ3) is 4.90. The van der Waals surface area contributed by atoms with Crippen molar-refractivity contribution in [3.8, 4) is 0 Å². The van der Waals surface area contributed by atoms with Crippen LogP contribution in [0.25, 0.3) is 12.2 Å². The molecule has 0 N–H and O–H groups in total. The van der Waals surface area contributed by atoms with Gasteiger partial charge in [0.25, 0.3) is 0 Å². The van der Waals surface area contributed by atoms with E-state index in [1.54, 1.807) is 0 Å². The van der Waals surface area contributed by atoms with Crippen molar-refractivity contribution in [3.63, 3.8) is 0 Å². The molecule has 4 aromatic rings. The molecule has 2 radical (unpaired) electrons. The van der Waals surface area contributed by atoms with Crippen LogP contribution in [0.1, 0.15) is 61.9 Å². The summed E-state index contributed by atoms with van der Waals surface area (Å²) >= 11 is 0. The van der Waals surface area contributed by atoms with E-state index in [1.165, 1.54) is 54.9 Å². The number of rotatable bonds is 4. The van der Waals surface area contributed by atoms with Gasteiger partial charge in [0.1, 0.15) is 9.52 Å². The van der Waals surface area contributed by atoms with Crippen molar-refractivity contribution < 1.29 is 40.6 Å². The Morgan fingerprint density at radius 1 is 0.514 bits per heavy atom. The Morgan fingerprint density at radius 3 is 1.29 bits per heavy atom. The number of allylic oxidation sites excluding steroid dienone is 2. The fraction of sp³-hybridized carbons (Fsp3) is 0.125. The van der Waals surface area contributed by atoms with Gasteiger partial charge in [-0.05, 0) is 47.2 Å². The van der Waals surface area contributed by atoms with Crippen molar-refractivity contribution in [1.29, 1.82) is 0 Å². The monoisotopic (exact) mass is 454 g/mol. The van der Waals surface area contributed by atoms with Crippen LogP contribution in [-0.4, -0.2) is 9.52 Å². The Bertz CT molecular complexity index is 1300. The van der Waals surface area contributed by atoms with Crippen molar-refractivity contribution >= 4 is 32.0 Å². The van der Waals surface area contributed by atoms with Gasteiger partial charge in [0, 0.05) is 11.8 Å². The van der Waals surface area contributed by atoms with Gasteiger partial charge in [0.05, 0.1) is 0 Å². The van der Waals surface area contributed by atoms with Gasteiger partial charge < -0.3 is 2.85 Å². The molecule has 0 saturated carbocycles. The first-order chi connectivity index (χ1) is 16.2. The summed E-state index contributed by atoms with van der Waals surface area (Å²) in [5, 5.41) is 2.78. The van der Waals surface area contributed by atoms with Crippen LogP contribution in [0.2, 0.25) is 0 Å². The molecule has 0 aromatic heterocycles. The van der Waals surface area contributed by atoms with Crippen LogP contribution in [-0.2, 0) is 0 Å². The molecule has 2 aliphatic rings. The van der Waals surface area contributed by atoms with Gasteiger partial charge in [-0.15, -0.1) is 0 Å². The molecule has 0 amide bonds. The molecule has 162 valence electrons. The zero-order valence-corrected chi connectivity index (χ0v) is 22.0. The maximum absolute atomic E-state index is 2.33. The molecule has 0 heterocycles. The van der Waals surface area contributed by atoms with Gasteiger partial charge in [-0.25, -0.2) is 0 Å². The van der Waals surface area contributed by atoms with Crippen molar-refractivity contribution in [2.24, 2.45) is 0 Å². The second-order valence-corrected chi connectivity index (χ2v) is 10.7. The largest absolute Gasteiger partial charge is 1.00 e. The molecule has 2 unspecified atom stereocenters. The van der Waals surface area contributed by atoms with Gasteiger partial charge in [0.15, 0.2) is 0 Å². The first-order valence-electron chi connectivity index (χ1n) is 11.7. The minimum absolute atomic E-state index is 0. The predicted molar refractivity (Wildman–Crippen MR) is 144 cm³/mol. The molecule has 0 aliphatic heterocycles. The number of benzene rings is 4. The maximum Gasteiger partial charge on any atom is 1.00 e. The predicted octanol–water partition coefficient (Wildman–Crippen LogP) is 0.672. The molecule has 0 spiro atoms. The SMILES string of the molecule is CC1=Cc2ccccc2C1c1ccc([Si]c2ccc(C3C(C)=Cc4ccccc43)cc2)cc1.[H-].[H-].[Li+].[Li+]. The van der Waals surface area contributed by atoms with Crippen molar-refractivity contribution in [3.05, 3.63) is 142 Å². The molecule has 2 aliphatic carbocycles. The van der Waals surface area contributed by atoms with Gasteiger partial charge in [-0.1, -0.05) is 131 Å². The van der Waals surface area contributed by atoms with Gasteiger partial charge >= 0.3 is 37.7 Å². The second kappa shape index (κ2) is 10.8. The van der Waals surface area contributed by atoms with Crippen molar-refractivity contribution in [1.82, 2.24) is 0 Å². The summed E-state index contributed by atoms with van der Waals surface area (Å²) in [5.41, 5.74) is 11.2. The topological polar surface area (TPSA) is 0 Å². The fourth-order valence-electron chi connectivity index (χ4n) is 5.53. The molecule has 2 atom stereocenters. The van der Waals surface area contributed by atoms with E-state index in [0.717, 1.165) is 0 Å². The first-order valence-corrected chi connectivity index (χ1v) is 12.7. The maximum atomic E-state index is 2.33.